The van der Waals surface area contributed by atoms with Crippen molar-refractivity contribution in [2.45, 2.75) is 0 Å². The van der Waals surface area contributed by atoms with Gasteiger partial charge in [-0.25, -0.2) is 9.97 Å². The van der Waals surface area contributed by atoms with Crippen LogP contribution in [0, 0.1) is 0 Å². The van der Waals surface area contributed by atoms with Crippen LogP contribution in [0.3, 0.4) is 0 Å². The molecule has 13 rings (SSSR count). The van der Waals surface area contributed by atoms with Gasteiger partial charge in [0.15, 0.2) is 0 Å². The molecule has 0 saturated heterocycles. The van der Waals surface area contributed by atoms with Gasteiger partial charge in [0.1, 0.15) is 0 Å². The molecule has 7 nitrogen and oxygen atoms in total. The predicted octanol–water partition coefficient (Wildman–Crippen LogP) is 13.6. The first-order chi connectivity index (χ1) is 31.2. The molecule has 0 radical (unpaired) electrons. The molecule has 0 spiro atoms. The van der Waals surface area contributed by atoms with Crippen molar-refractivity contribution >= 4 is 76.2 Å². The molecule has 292 valence electrons. The first-order valence-corrected chi connectivity index (χ1v) is 21.0. The summed E-state index contributed by atoms with van der Waals surface area (Å²) in [6.07, 6.45) is 7.56. The zero-order valence-corrected chi connectivity index (χ0v) is 33.7. The smallest absolute Gasteiger partial charge is 0.0985 e. The number of hydrogen-bond donors (Lipinski definition) is 0. The minimum Gasteiger partial charge on any atom is -0.308 e. The molecule has 0 saturated carbocycles. The second-order valence-electron chi connectivity index (χ2n) is 15.9. The van der Waals surface area contributed by atoms with E-state index in [1.54, 1.807) is 0 Å². The van der Waals surface area contributed by atoms with Crippen molar-refractivity contribution in [2.75, 3.05) is 0 Å². The van der Waals surface area contributed by atoms with Gasteiger partial charge in [-0.2, -0.15) is 0 Å². The van der Waals surface area contributed by atoms with Crippen LogP contribution in [-0.2, 0) is 0 Å². The second-order valence-corrected chi connectivity index (χ2v) is 15.9. The number of fused-ring (bicyclic) bond motifs is 10. The van der Waals surface area contributed by atoms with Gasteiger partial charge in [-0.3, -0.25) is 19.9 Å². The Morgan fingerprint density at radius 1 is 0.349 bits per heavy atom. The molecule has 7 heteroatoms. The fourth-order valence-corrected chi connectivity index (χ4v) is 9.31. The maximum absolute atomic E-state index is 5.12. The monoisotopic (exact) mass is 803 g/mol. The van der Waals surface area contributed by atoms with E-state index in [1.807, 2.05) is 73.3 Å². The molecule has 13 aromatic rings. The molecule has 0 unspecified atom stereocenters. The van der Waals surface area contributed by atoms with Crippen LogP contribution in [0.1, 0.15) is 0 Å². The largest absolute Gasteiger partial charge is 0.308 e. The standard InChI is InChI=1S/C56H33N7/c1-5-15-47-34(9-1)17-23-49(61-47)38-19-22-46(59-32-38)36-21-26-52-44(29-36)45-31-43(51-25-20-39(33-60-51)50-24-18-35-10-2-6-16-48(35)62-50)40-12-3-4-13-41(40)56(45)63(52)53-30-37-11-7-27-57-54(37)55-42(53)14-8-28-58-55/h1-33H. The number of nitrogens with zero attached hydrogens (tertiary/aromatic N) is 7. The molecule has 0 amide bonds. The van der Waals surface area contributed by atoms with Crippen LogP contribution < -0.4 is 0 Å². The summed E-state index contributed by atoms with van der Waals surface area (Å²) in [7, 11) is 0. The second kappa shape index (κ2) is 13.9. The summed E-state index contributed by atoms with van der Waals surface area (Å²) < 4.78 is 2.42. The minimum absolute atomic E-state index is 0.869. The molecule has 0 atom stereocenters. The van der Waals surface area contributed by atoms with Gasteiger partial charge in [-0.1, -0.05) is 84.9 Å². The Bertz CT molecular complexity index is 3970. The van der Waals surface area contributed by atoms with E-state index < -0.39 is 0 Å². The molecule has 7 heterocycles. The first kappa shape index (κ1) is 35.1. The lowest BCUT2D eigenvalue weighted by Gasteiger charge is -2.15. The van der Waals surface area contributed by atoms with E-state index in [4.69, 9.17) is 29.9 Å². The van der Waals surface area contributed by atoms with Crippen molar-refractivity contribution in [1.29, 1.82) is 0 Å². The maximum Gasteiger partial charge on any atom is 0.0985 e. The van der Waals surface area contributed by atoms with E-state index in [9.17, 15) is 0 Å². The van der Waals surface area contributed by atoms with Crippen LogP contribution in [-0.4, -0.2) is 34.5 Å². The molecule has 0 bridgehead atoms. The van der Waals surface area contributed by atoms with E-state index in [2.05, 4.69) is 132 Å². The molecule has 7 aromatic heterocycles. The normalized spacial score (nSPS) is 11.8. The lowest BCUT2D eigenvalue weighted by Crippen LogP contribution is -1.98. The van der Waals surface area contributed by atoms with Gasteiger partial charge in [-0.05, 0) is 96.4 Å². The molecule has 0 aliphatic heterocycles. The van der Waals surface area contributed by atoms with Gasteiger partial charge < -0.3 is 4.57 Å². The van der Waals surface area contributed by atoms with Crippen LogP contribution in [0.15, 0.2) is 201 Å². The fraction of sp³-hybridized carbons (Fsp3) is 0. The Balaban J connectivity index is 1.03. The van der Waals surface area contributed by atoms with E-state index in [0.29, 0.717) is 0 Å². The number of para-hydroxylation sites is 2. The SMILES string of the molecule is c1ccc2nc(-c3ccc(-c4ccc5c(c4)c4cc(-c6ccc(-c7ccc8ccccc8n7)cn6)c6ccccc6c4n5-c4cc5cccnc5c5ncccc45)nc3)ccc2c1. The molecule has 63 heavy (non-hydrogen) atoms. The lowest BCUT2D eigenvalue weighted by molar-refractivity contribution is 1.20. The third-order valence-electron chi connectivity index (χ3n) is 12.3. The summed E-state index contributed by atoms with van der Waals surface area (Å²) >= 11 is 0. The average Bonchev–Trinajstić information content (AvgIpc) is 3.69. The summed E-state index contributed by atoms with van der Waals surface area (Å²) in [5, 5.41) is 8.75. The van der Waals surface area contributed by atoms with E-state index in [0.717, 1.165) is 127 Å². The number of rotatable bonds is 5. The van der Waals surface area contributed by atoms with Crippen LogP contribution in [0.5, 0.6) is 0 Å². The summed E-state index contributed by atoms with van der Waals surface area (Å²) in [4.78, 5) is 29.7. The zero-order chi connectivity index (χ0) is 41.4. The summed E-state index contributed by atoms with van der Waals surface area (Å²) in [5.74, 6) is 0. The van der Waals surface area contributed by atoms with Crippen molar-refractivity contribution in [3.63, 3.8) is 0 Å². The Morgan fingerprint density at radius 3 is 1.65 bits per heavy atom. The third kappa shape index (κ3) is 5.67. The van der Waals surface area contributed by atoms with Crippen LogP contribution in [0.2, 0.25) is 0 Å². The Hall–Kier alpha value is -8.68. The number of aromatic nitrogens is 7. The lowest BCUT2D eigenvalue weighted by atomic mass is 9.96. The summed E-state index contributed by atoms with van der Waals surface area (Å²) in [6, 6.07) is 61.4. The van der Waals surface area contributed by atoms with Gasteiger partial charge in [-0.15, -0.1) is 0 Å². The molecular weight excluding hydrogens is 771 g/mol. The molecule has 0 fully saturated rings. The Labute approximate surface area is 360 Å². The fourth-order valence-electron chi connectivity index (χ4n) is 9.31. The number of pyridine rings is 6. The van der Waals surface area contributed by atoms with Crippen LogP contribution in [0.4, 0.5) is 0 Å². The third-order valence-corrected chi connectivity index (χ3v) is 12.3. The van der Waals surface area contributed by atoms with Crippen molar-refractivity contribution in [2.24, 2.45) is 0 Å². The zero-order valence-electron chi connectivity index (χ0n) is 33.7. The van der Waals surface area contributed by atoms with Crippen molar-refractivity contribution in [3.05, 3.63) is 201 Å². The Morgan fingerprint density at radius 2 is 0.937 bits per heavy atom. The van der Waals surface area contributed by atoms with Crippen molar-refractivity contribution in [1.82, 2.24) is 34.5 Å². The molecule has 6 aromatic carbocycles. The number of benzene rings is 6. The summed E-state index contributed by atoms with van der Waals surface area (Å²) in [5.41, 5.74) is 14.5. The first-order valence-electron chi connectivity index (χ1n) is 21.0. The average molecular weight is 804 g/mol. The summed E-state index contributed by atoms with van der Waals surface area (Å²) in [6.45, 7) is 0. The van der Waals surface area contributed by atoms with Crippen LogP contribution >= 0.6 is 0 Å². The molecule has 0 aliphatic rings. The van der Waals surface area contributed by atoms with Gasteiger partial charge in [0, 0.05) is 84.7 Å². The van der Waals surface area contributed by atoms with E-state index in [1.165, 1.54) is 0 Å². The van der Waals surface area contributed by atoms with Crippen molar-refractivity contribution in [3.8, 4) is 50.7 Å². The van der Waals surface area contributed by atoms with Gasteiger partial charge in [0.2, 0.25) is 0 Å². The van der Waals surface area contributed by atoms with E-state index in [-0.39, 0.29) is 0 Å². The predicted molar refractivity (Wildman–Crippen MR) is 257 cm³/mol. The minimum atomic E-state index is 0.869. The molecular formula is C56H33N7. The Kier molecular flexibility index (Phi) is 7.77. The maximum atomic E-state index is 5.12. The van der Waals surface area contributed by atoms with Gasteiger partial charge in [0.25, 0.3) is 0 Å². The van der Waals surface area contributed by atoms with Crippen molar-refractivity contribution < 1.29 is 0 Å². The van der Waals surface area contributed by atoms with Gasteiger partial charge in [0.05, 0.1) is 61.6 Å². The highest BCUT2D eigenvalue weighted by Gasteiger charge is 2.22. The quantitative estimate of drug-likeness (QED) is 0.161. The van der Waals surface area contributed by atoms with E-state index >= 15 is 0 Å². The van der Waals surface area contributed by atoms with Gasteiger partial charge >= 0.3 is 0 Å². The topological polar surface area (TPSA) is 82.3 Å². The highest BCUT2D eigenvalue weighted by molar-refractivity contribution is 6.23. The molecule has 0 aliphatic carbocycles. The highest BCUT2D eigenvalue weighted by Crippen LogP contribution is 2.44. The highest BCUT2D eigenvalue weighted by atomic mass is 15.0. The number of hydrogen-bond acceptors (Lipinski definition) is 6. The van der Waals surface area contributed by atoms with Crippen LogP contribution in [0.25, 0.3) is 127 Å². The molecule has 0 N–H and O–H groups in total.